The van der Waals surface area contributed by atoms with Crippen LogP contribution in [0.2, 0.25) is 0 Å². The molecule has 7 rings (SSSR count). The number of amides is 3. The minimum Gasteiger partial charge on any atom is -0.351 e. The predicted molar refractivity (Wildman–Crippen MR) is 155 cm³/mol. The van der Waals surface area contributed by atoms with E-state index in [2.05, 4.69) is 32.5 Å². The zero-order chi connectivity index (χ0) is 28.0. The van der Waals surface area contributed by atoms with E-state index >= 15 is 0 Å². The SMILES string of the molecule is O=C(CN1CN(c2ccccc2)C2(CCN(C(=O)c3ccc4[nH]ncc4c3)CC2)C1=O)N[C@H]1C[C@@H]1c1ccccc1. The highest BCUT2D eigenvalue weighted by Crippen LogP contribution is 2.41. The lowest BCUT2D eigenvalue weighted by Crippen LogP contribution is -2.57. The number of benzene rings is 3. The molecule has 2 saturated heterocycles. The van der Waals surface area contributed by atoms with E-state index in [-0.39, 0.29) is 30.3 Å². The van der Waals surface area contributed by atoms with Crippen LogP contribution in [0.4, 0.5) is 5.69 Å². The Morgan fingerprint density at radius 1 is 0.976 bits per heavy atom. The molecule has 1 aliphatic carbocycles. The average Bonchev–Trinajstić information content (AvgIpc) is 3.52. The van der Waals surface area contributed by atoms with Crippen LogP contribution < -0.4 is 10.2 Å². The third-order valence-corrected chi connectivity index (χ3v) is 8.85. The zero-order valence-electron chi connectivity index (χ0n) is 22.7. The van der Waals surface area contributed by atoms with Crippen molar-refractivity contribution in [2.24, 2.45) is 0 Å². The lowest BCUT2D eigenvalue weighted by atomic mass is 9.85. The van der Waals surface area contributed by atoms with Gasteiger partial charge in [0.2, 0.25) is 5.91 Å². The topological polar surface area (TPSA) is 102 Å². The molecule has 3 fully saturated rings. The fourth-order valence-electron chi connectivity index (χ4n) is 6.51. The molecule has 3 aliphatic rings. The Morgan fingerprint density at radius 3 is 2.46 bits per heavy atom. The average molecular weight is 549 g/mol. The number of aromatic amines is 1. The highest BCUT2D eigenvalue weighted by atomic mass is 16.2. The lowest BCUT2D eigenvalue weighted by molar-refractivity contribution is -0.137. The molecule has 2 aliphatic heterocycles. The summed E-state index contributed by atoms with van der Waals surface area (Å²) in [7, 11) is 0. The molecule has 1 spiro atoms. The maximum Gasteiger partial charge on any atom is 0.253 e. The van der Waals surface area contributed by atoms with Crippen molar-refractivity contribution >= 4 is 34.3 Å². The van der Waals surface area contributed by atoms with Crippen molar-refractivity contribution in [2.75, 3.05) is 31.2 Å². The summed E-state index contributed by atoms with van der Waals surface area (Å²) in [5.74, 6) is 0.110. The molecule has 3 amide bonds. The summed E-state index contributed by atoms with van der Waals surface area (Å²) >= 11 is 0. The van der Waals surface area contributed by atoms with Crippen LogP contribution in [0.5, 0.6) is 0 Å². The van der Waals surface area contributed by atoms with Gasteiger partial charge in [-0.05, 0) is 55.2 Å². The molecule has 0 unspecified atom stereocenters. The summed E-state index contributed by atoms with van der Waals surface area (Å²) in [6.45, 7) is 1.28. The Bertz CT molecular complexity index is 1600. The number of carbonyl (C=O) groups excluding carboxylic acids is 3. The Morgan fingerprint density at radius 2 is 1.71 bits per heavy atom. The number of H-pyrrole nitrogens is 1. The summed E-state index contributed by atoms with van der Waals surface area (Å²) in [4.78, 5) is 46.1. The van der Waals surface area contributed by atoms with Gasteiger partial charge in [-0.3, -0.25) is 19.5 Å². The van der Waals surface area contributed by atoms with Crippen molar-refractivity contribution in [3.05, 3.63) is 96.2 Å². The third-order valence-electron chi connectivity index (χ3n) is 8.85. The molecule has 208 valence electrons. The smallest absolute Gasteiger partial charge is 0.253 e. The molecule has 9 nitrogen and oxygen atoms in total. The first-order valence-electron chi connectivity index (χ1n) is 14.2. The Hall–Kier alpha value is -4.66. The number of fused-ring (bicyclic) bond motifs is 1. The van der Waals surface area contributed by atoms with E-state index in [1.807, 2.05) is 71.6 Å². The number of hydrogen-bond acceptors (Lipinski definition) is 5. The highest BCUT2D eigenvalue weighted by Gasteiger charge is 2.54. The monoisotopic (exact) mass is 548 g/mol. The summed E-state index contributed by atoms with van der Waals surface area (Å²) in [6.07, 6.45) is 3.62. The normalized spacial score (nSPS) is 21.5. The van der Waals surface area contributed by atoms with Crippen LogP contribution in [-0.2, 0) is 9.59 Å². The molecular formula is C32H32N6O3. The molecule has 2 N–H and O–H groups in total. The standard InChI is InChI=1S/C32H32N6O3/c39-29(34-28-18-26(28)22-7-3-1-4-8-22)20-37-21-38(25-9-5-2-6-10-25)32(31(37)41)13-15-36(16-14-32)30(40)23-11-12-27-24(17-23)19-33-35-27/h1-12,17,19,26,28H,13-16,18,20-21H2,(H,33,35)(H,34,39)/t26-,28+/m1/s1. The van der Waals surface area contributed by atoms with Gasteiger partial charge in [0.05, 0.1) is 18.4 Å². The van der Waals surface area contributed by atoms with Crippen molar-refractivity contribution in [3.63, 3.8) is 0 Å². The highest BCUT2D eigenvalue weighted by molar-refractivity contribution is 5.99. The second-order valence-electron chi connectivity index (χ2n) is 11.3. The minimum atomic E-state index is -0.793. The maximum absolute atomic E-state index is 14.0. The van der Waals surface area contributed by atoms with Gasteiger partial charge in [-0.15, -0.1) is 0 Å². The first-order valence-corrected chi connectivity index (χ1v) is 14.2. The summed E-state index contributed by atoms with van der Waals surface area (Å²) in [6, 6.07) is 25.7. The van der Waals surface area contributed by atoms with Gasteiger partial charge in [0.25, 0.3) is 11.8 Å². The number of para-hydroxylation sites is 1. The fourth-order valence-corrected chi connectivity index (χ4v) is 6.51. The minimum absolute atomic E-state index is 0.0231. The molecule has 1 saturated carbocycles. The van der Waals surface area contributed by atoms with E-state index in [1.54, 1.807) is 11.1 Å². The summed E-state index contributed by atoms with van der Waals surface area (Å²) in [5.41, 5.74) is 2.88. The van der Waals surface area contributed by atoms with Crippen molar-refractivity contribution in [1.82, 2.24) is 25.3 Å². The van der Waals surface area contributed by atoms with Gasteiger partial charge in [-0.25, -0.2) is 0 Å². The van der Waals surface area contributed by atoms with E-state index in [1.165, 1.54) is 5.56 Å². The molecule has 1 aromatic heterocycles. The van der Waals surface area contributed by atoms with E-state index in [0.717, 1.165) is 23.0 Å². The molecular weight excluding hydrogens is 516 g/mol. The molecule has 0 radical (unpaired) electrons. The van der Waals surface area contributed by atoms with Crippen LogP contribution in [0.15, 0.2) is 85.1 Å². The first-order chi connectivity index (χ1) is 20.0. The van der Waals surface area contributed by atoms with Gasteiger partial charge in [0.15, 0.2) is 0 Å². The number of piperidine rings is 1. The van der Waals surface area contributed by atoms with E-state index in [4.69, 9.17) is 0 Å². The van der Waals surface area contributed by atoms with Gasteiger partial charge < -0.3 is 20.0 Å². The van der Waals surface area contributed by atoms with Crippen molar-refractivity contribution in [1.29, 1.82) is 0 Å². The Labute approximate surface area is 238 Å². The molecule has 41 heavy (non-hydrogen) atoms. The van der Waals surface area contributed by atoms with E-state index in [0.29, 0.717) is 44.1 Å². The van der Waals surface area contributed by atoms with Crippen molar-refractivity contribution < 1.29 is 14.4 Å². The number of nitrogens with one attached hydrogen (secondary N) is 2. The summed E-state index contributed by atoms with van der Waals surface area (Å²) in [5, 5.41) is 11.0. The second kappa shape index (κ2) is 10.1. The molecule has 9 heteroatoms. The predicted octanol–water partition coefficient (Wildman–Crippen LogP) is 3.52. The Kier molecular flexibility index (Phi) is 6.22. The zero-order valence-corrected chi connectivity index (χ0v) is 22.7. The van der Waals surface area contributed by atoms with Gasteiger partial charge in [0, 0.05) is 41.7 Å². The van der Waals surface area contributed by atoms with E-state index in [9.17, 15) is 14.4 Å². The number of nitrogens with zero attached hydrogens (tertiary/aromatic N) is 4. The van der Waals surface area contributed by atoms with E-state index < -0.39 is 5.54 Å². The second-order valence-corrected chi connectivity index (χ2v) is 11.3. The number of anilines is 1. The van der Waals surface area contributed by atoms with Crippen molar-refractivity contribution in [3.8, 4) is 0 Å². The number of aromatic nitrogens is 2. The quantitative estimate of drug-likeness (QED) is 0.384. The molecule has 3 heterocycles. The molecule has 3 aromatic carbocycles. The lowest BCUT2D eigenvalue weighted by Gasteiger charge is -2.43. The fraction of sp³-hybridized carbons (Fsp3) is 0.312. The largest absolute Gasteiger partial charge is 0.351 e. The first kappa shape index (κ1) is 25.3. The van der Waals surface area contributed by atoms with Gasteiger partial charge in [-0.2, -0.15) is 5.10 Å². The molecule has 4 aromatic rings. The van der Waals surface area contributed by atoms with Crippen LogP contribution >= 0.6 is 0 Å². The number of carbonyl (C=O) groups is 3. The molecule has 2 atom stereocenters. The van der Waals surface area contributed by atoms with Crippen LogP contribution in [0.3, 0.4) is 0 Å². The van der Waals surface area contributed by atoms with Crippen molar-refractivity contribution in [2.45, 2.75) is 36.8 Å². The van der Waals surface area contributed by atoms with Gasteiger partial charge in [-0.1, -0.05) is 48.5 Å². The van der Waals surface area contributed by atoms with Gasteiger partial charge in [0.1, 0.15) is 12.1 Å². The van der Waals surface area contributed by atoms with Crippen LogP contribution in [0.1, 0.15) is 41.1 Å². The number of rotatable bonds is 6. The number of hydrogen-bond donors (Lipinski definition) is 2. The van der Waals surface area contributed by atoms with Crippen LogP contribution in [0.25, 0.3) is 10.9 Å². The van der Waals surface area contributed by atoms with Crippen LogP contribution in [-0.4, -0.2) is 75.6 Å². The maximum atomic E-state index is 14.0. The van der Waals surface area contributed by atoms with Gasteiger partial charge >= 0.3 is 0 Å². The summed E-state index contributed by atoms with van der Waals surface area (Å²) < 4.78 is 0. The molecule has 0 bridgehead atoms. The third kappa shape index (κ3) is 4.61. The van der Waals surface area contributed by atoms with Crippen LogP contribution in [0, 0.1) is 0 Å². The Balaban J connectivity index is 1.05. The number of likely N-dealkylation sites (tertiary alicyclic amines) is 1.